The quantitative estimate of drug-likeness (QED) is 0.538. The predicted octanol–water partition coefficient (Wildman–Crippen LogP) is 4.37. The molecule has 158 valence electrons. The minimum atomic E-state index is -0.704. The third kappa shape index (κ3) is 6.17. The Labute approximate surface area is 185 Å². The first-order chi connectivity index (χ1) is 14.9. The number of anilines is 1. The summed E-state index contributed by atoms with van der Waals surface area (Å²) in [4.78, 5) is 37.0. The summed E-state index contributed by atoms with van der Waals surface area (Å²) in [6.07, 6.45) is 0. The van der Waals surface area contributed by atoms with Crippen molar-refractivity contribution in [2.45, 2.75) is 13.5 Å². The third-order valence-corrected chi connectivity index (χ3v) is 4.78. The lowest BCUT2D eigenvalue weighted by Crippen LogP contribution is -2.26. The average molecular weight is 437 g/mol. The van der Waals surface area contributed by atoms with E-state index in [0.717, 1.165) is 11.1 Å². The van der Waals surface area contributed by atoms with E-state index in [0.29, 0.717) is 17.8 Å². The first-order valence-electron chi connectivity index (χ1n) is 9.58. The molecule has 0 aromatic heterocycles. The fourth-order valence-corrected chi connectivity index (χ4v) is 3.01. The van der Waals surface area contributed by atoms with Gasteiger partial charge in [0, 0.05) is 6.54 Å². The van der Waals surface area contributed by atoms with Crippen molar-refractivity contribution in [1.82, 2.24) is 5.32 Å². The molecule has 2 N–H and O–H groups in total. The van der Waals surface area contributed by atoms with Crippen molar-refractivity contribution in [1.29, 1.82) is 0 Å². The van der Waals surface area contributed by atoms with E-state index >= 15 is 0 Å². The molecule has 0 saturated carbocycles. The van der Waals surface area contributed by atoms with Crippen molar-refractivity contribution in [3.63, 3.8) is 0 Å². The average Bonchev–Trinajstić information content (AvgIpc) is 2.77. The molecular weight excluding hydrogens is 416 g/mol. The zero-order valence-electron chi connectivity index (χ0n) is 16.9. The number of benzene rings is 3. The van der Waals surface area contributed by atoms with Crippen LogP contribution in [-0.4, -0.2) is 24.4 Å². The molecule has 3 rings (SSSR count). The minimum absolute atomic E-state index is 0.174. The van der Waals surface area contributed by atoms with Crippen LogP contribution in [0, 0.1) is 6.92 Å². The minimum Gasteiger partial charge on any atom is -0.452 e. The highest BCUT2D eigenvalue weighted by molar-refractivity contribution is 6.33. The van der Waals surface area contributed by atoms with Gasteiger partial charge in [-0.15, -0.1) is 0 Å². The Morgan fingerprint density at radius 1 is 0.871 bits per heavy atom. The van der Waals surface area contributed by atoms with Gasteiger partial charge in [0.2, 0.25) is 0 Å². The molecule has 2 amide bonds. The monoisotopic (exact) mass is 436 g/mol. The third-order valence-electron chi connectivity index (χ3n) is 4.45. The lowest BCUT2D eigenvalue weighted by molar-refractivity contribution is -0.119. The molecule has 7 heteroatoms. The molecular formula is C24H21ClN2O4. The van der Waals surface area contributed by atoms with Crippen LogP contribution in [0.2, 0.25) is 5.02 Å². The van der Waals surface area contributed by atoms with E-state index in [2.05, 4.69) is 10.6 Å². The Kier molecular flexibility index (Phi) is 7.40. The van der Waals surface area contributed by atoms with Crippen molar-refractivity contribution < 1.29 is 19.1 Å². The Bertz CT molecular complexity index is 1100. The van der Waals surface area contributed by atoms with Gasteiger partial charge in [-0.2, -0.15) is 0 Å². The second-order valence-electron chi connectivity index (χ2n) is 6.82. The number of esters is 1. The summed E-state index contributed by atoms with van der Waals surface area (Å²) in [5.74, 6) is -1.60. The van der Waals surface area contributed by atoms with Crippen LogP contribution in [0.15, 0.2) is 72.8 Å². The van der Waals surface area contributed by atoms with Gasteiger partial charge in [0.1, 0.15) is 0 Å². The van der Waals surface area contributed by atoms with Crippen LogP contribution < -0.4 is 10.6 Å². The lowest BCUT2D eigenvalue weighted by Gasteiger charge is -2.12. The van der Waals surface area contributed by atoms with Crippen LogP contribution in [0.5, 0.6) is 0 Å². The molecule has 31 heavy (non-hydrogen) atoms. The summed E-state index contributed by atoms with van der Waals surface area (Å²) >= 11 is 5.96. The maximum absolute atomic E-state index is 12.6. The molecule has 6 nitrogen and oxygen atoms in total. The first kappa shape index (κ1) is 22.1. The fourth-order valence-electron chi connectivity index (χ4n) is 2.80. The topological polar surface area (TPSA) is 84.5 Å². The van der Waals surface area contributed by atoms with Gasteiger partial charge in [-0.1, -0.05) is 65.7 Å². The van der Waals surface area contributed by atoms with Crippen LogP contribution in [0.1, 0.15) is 31.8 Å². The summed E-state index contributed by atoms with van der Waals surface area (Å²) in [5.41, 5.74) is 2.90. The van der Waals surface area contributed by atoms with E-state index in [-0.39, 0.29) is 16.5 Å². The van der Waals surface area contributed by atoms with Crippen molar-refractivity contribution in [3.05, 3.63) is 100 Å². The van der Waals surface area contributed by atoms with Gasteiger partial charge in [-0.3, -0.25) is 9.59 Å². The number of para-hydroxylation sites is 1. The summed E-state index contributed by atoms with van der Waals surface area (Å²) in [6.45, 7) is 1.84. The number of hydrogen-bond acceptors (Lipinski definition) is 4. The predicted molar refractivity (Wildman–Crippen MR) is 119 cm³/mol. The number of amides is 2. The van der Waals surface area contributed by atoms with E-state index in [1.54, 1.807) is 42.5 Å². The smallest absolute Gasteiger partial charge is 0.340 e. The Morgan fingerprint density at radius 2 is 1.52 bits per heavy atom. The summed E-state index contributed by atoms with van der Waals surface area (Å²) < 4.78 is 5.02. The highest BCUT2D eigenvalue weighted by Crippen LogP contribution is 2.17. The second kappa shape index (κ2) is 10.4. The molecule has 0 radical (unpaired) electrons. The number of nitrogens with one attached hydrogen (secondary N) is 2. The Hall–Kier alpha value is -3.64. The van der Waals surface area contributed by atoms with Gasteiger partial charge in [0.25, 0.3) is 11.8 Å². The number of carbonyl (C=O) groups is 3. The van der Waals surface area contributed by atoms with E-state index in [1.807, 2.05) is 31.2 Å². The van der Waals surface area contributed by atoms with Gasteiger partial charge in [-0.05, 0) is 36.8 Å². The van der Waals surface area contributed by atoms with E-state index < -0.39 is 18.5 Å². The Balaban J connectivity index is 1.58. The van der Waals surface area contributed by atoms with Gasteiger partial charge < -0.3 is 15.4 Å². The number of hydrogen-bond donors (Lipinski definition) is 2. The zero-order valence-corrected chi connectivity index (χ0v) is 17.6. The number of aryl methyl sites for hydroxylation is 1. The molecule has 0 aliphatic carbocycles. The van der Waals surface area contributed by atoms with Crippen LogP contribution in [0.4, 0.5) is 5.69 Å². The molecule has 0 atom stereocenters. The van der Waals surface area contributed by atoms with Crippen LogP contribution in [0.25, 0.3) is 0 Å². The van der Waals surface area contributed by atoms with Crippen molar-refractivity contribution >= 4 is 35.1 Å². The van der Waals surface area contributed by atoms with Gasteiger partial charge in [0.05, 0.1) is 21.8 Å². The number of halogens is 1. The normalized spacial score (nSPS) is 10.3. The van der Waals surface area contributed by atoms with Gasteiger partial charge in [-0.25, -0.2) is 4.79 Å². The Morgan fingerprint density at radius 3 is 2.23 bits per heavy atom. The molecule has 3 aromatic carbocycles. The molecule has 0 aliphatic heterocycles. The van der Waals surface area contributed by atoms with Crippen molar-refractivity contribution in [2.75, 3.05) is 11.9 Å². The molecule has 0 spiro atoms. The van der Waals surface area contributed by atoms with Crippen LogP contribution in [-0.2, 0) is 16.1 Å². The highest BCUT2D eigenvalue weighted by Gasteiger charge is 2.16. The number of carbonyl (C=O) groups excluding carboxylic acids is 3. The number of ether oxygens (including phenoxy) is 1. The molecule has 0 unspecified atom stereocenters. The lowest BCUT2D eigenvalue weighted by atomic mass is 10.1. The second-order valence-corrected chi connectivity index (χ2v) is 7.23. The van der Waals surface area contributed by atoms with E-state index in [4.69, 9.17) is 16.3 Å². The summed E-state index contributed by atoms with van der Waals surface area (Å²) in [5, 5.41) is 5.68. The van der Waals surface area contributed by atoms with Gasteiger partial charge >= 0.3 is 5.97 Å². The highest BCUT2D eigenvalue weighted by atomic mass is 35.5. The summed E-state index contributed by atoms with van der Waals surface area (Å²) in [6, 6.07) is 20.8. The van der Waals surface area contributed by atoms with Crippen molar-refractivity contribution in [2.24, 2.45) is 0 Å². The molecule has 0 heterocycles. The SMILES string of the molecule is Cc1ccc(CNC(=O)c2ccccc2NC(=O)COC(=O)c2ccccc2Cl)cc1. The largest absolute Gasteiger partial charge is 0.452 e. The molecule has 0 aliphatic rings. The summed E-state index contributed by atoms with van der Waals surface area (Å²) in [7, 11) is 0. The van der Waals surface area contributed by atoms with Crippen LogP contribution >= 0.6 is 11.6 Å². The zero-order chi connectivity index (χ0) is 22.2. The first-order valence-corrected chi connectivity index (χ1v) is 9.96. The van der Waals surface area contributed by atoms with Crippen molar-refractivity contribution in [3.8, 4) is 0 Å². The standard InChI is InChI=1S/C24H21ClN2O4/c1-16-10-12-17(13-11-16)14-26-23(29)19-7-3-5-9-21(19)27-22(28)15-31-24(30)18-6-2-4-8-20(18)25/h2-13H,14-15H2,1H3,(H,26,29)(H,27,28). The maximum Gasteiger partial charge on any atom is 0.340 e. The number of rotatable bonds is 7. The van der Waals surface area contributed by atoms with E-state index in [9.17, 15) is 14.4 Å². The van der Waals surface area contributed by atoms with Gasteiger partial charge in [0.15, 0.2) is 6.61 Å². The molecule has 3 aromatic rings. The molecule has 0 saturated heterocycles. The van der Waals surface area contributed by atoms with Crippen LogP contribution in [0.3, 0.4) is 0 Å². The maximum atomic E-state index is 12.6. The fraction of sp³-hybridized carbons (Fsp3) is 0.125. The molecule has 0 fully saturated rings. The van der Waals surface area contributed by atoms with E-state index in [1.165, 1.54) is 6.07 Å². The molecule has 0 bridgehead atoms.